The summed E-state index contributed by atoms with van der Waals surface area (Å²) in [5, 5.41) is 1.12. The summed E-state index contributed by atoms with van der Waals surface area (Å²) in [6.07, 6.45) is 5.67. The Hall–Kier alpha value is -1.10. The van der Waals surface area contributed by atoms with Gasteiger partial charge in [-0.1, -0.05) is 13.3 Å². The highest BCUT2D eigenvalue weighted by Gasteiger charge is 2.34. The SMILES string of the molecule is CCOC(=O)C1CCc2sc(N3CCCC(CC)C3)nc21. The van der Waals surface area contributed by atoms with Gasteiger partial charge >= 0.3 is 5.97 Å². The Bertz CT molecular complexity index is 514. The number of anilines is 1. The standard InChI is InChI=1S/C16H24N2O2S/c1-3-11-6-5-9-18(10-11)16-17-14-12(15(19)20-4-2)7-8-13(14)21-16/h11-12H,3-10H2,1-2H3. The van der Waals surface area contributed by atoms with Crippen molar-refractivity contribution in [2.24, 2.45) is 5.92 Å². The number of aromatic nitrogens is 1. The number of carbonyl (C=O) groups excluding carboxylic acids is 1. The van der Waals surface area contributed by atoms with Crippen molar-refractivity contribution in [2.75, 3.05) is 24.6 Å². The summed E-state index contributed by atoms with van der Waals surface area (Å²) in [6, 6.07) is 0. The van der Waals surface area contributed by atoms with Crippen LogP contribution in [0.2, 0.25) is 0 Å². The molecule has 1 saturated heterocycles. The predicted molar refractivity (Wildman–Crippen MR) is 85.0 cm³/mol. The zero-order valence-electron chi connectivity index (χ0n) is 12.9. The summed E-state index contributed by atoms with van der Waals surface area (Å²) in [5.74, 6) is 0.563. The van der Waals surface area contributed by atoms with Crippen molar-refractivity contribution >= 4 is 22.4 Å². The number of hydrogen-bond donors (Lipinski definition) is 0. The zero-order valence-corrected chi connectivity index (χ0v) is 13.7. The quantitative estimate of drug-likeness (QED) is 0.800. The molecule has 0 spiro atoms. The summed E-state index contributed by atoms with van der Waals surface area (Å²) in [4.78, 5) is 20.5. The van der Waals surface area contributed by atoms with Crippen LogP contribution in [-0.2, 0) is 16.0 Å². The maximum Gasteiger partial charge on any atom is 0.315 e. The van der Waals surface area contributed by atoms with E-state index in [1.807, 2.05) is 6.92 Å². The number of carbonyl (C=O) groups is 1. The van der Waals surface area contributed by atoms with Crippen LogP contribution in [0.15, 0.2) is 0 Å². The van der Waals surface area contributed by atoms with E-state index in [2.05, 4.69) is 11.8 Å². The van der Waals surface area contributed by atoms with Crippen molar-refractivity contribution in [3.63, 3.8) is 0 Å². The lowest BCUT2D eigenvalue weighted by atomic mass is 9.96. The van der Waals surface area contributed by atoms with Crippen LogP contribution in [0.3, 0.4) is 0 Å². The molecule has 1 aromatic rings. The van der Waals surface area contributed by atoms with E-state index in [1.165, 1.54) is 24.1 Å². The van der Waals surface area contributed by atoms with Gasteiger partial charge in [-0.2, -0.15) is 0 Å². The Morgan fingerprint density at radius 3 is 3.05 bits per heavy atom. The van der Waals surface area contributed by atoms with Crippen molar-refractivity contribution in [1.82, 2.24) is 4.98 Å². The van der Waals surface area contributed by atoms with Crippen LogP contribution >= 0.6 is 11.3 Å². The molecule has 0 amide bonds. The van der Waals surface area contributed by atoms with Gasteiger partial charge in [0.05, 0.1) is 12.3 Å². The second-order valence-electron chi connectivity index (χ2n) is 6.01. The van der Waals surface area contributed by atoms with Gasteiger partial charge in [0.1, 0.15) is 5.92 Å². The average molecular weight is 308 g/mol. The van der Waals surface area contributed by atoms with E-state index in [0.717, 1.165) is 42.7 Å². The molecule has 116 valence electrons. The summed E-state index contributed by atoms with van der Waals surface area (Å²) >= 11 is 1.79. The van der Waals surface area contributed by atoms with Crippen LogP contribution < -0.4 is 4.90 Å². The molecule has 2 heterocycles. The molecule has 3 rings (SSSR count). The van der Waals surface area contributed by atoms with Gasteiger partial charge in [0.2, 0.25) is 0 Å². The van der Waals surface area contributed by atoms with Gasteiger partial charge in [-0.15, -0.1) is 11.3 Å². The summed E-state index contributed by atoms with van der Waals surface area (Å²) < 4.78 is 5.18. The molecule has 4 nitrogen and oxygen atoms in total. The van der Waals surface area contributed by atoms with E-state index in [0.29, 0.717) is 6.61 Å². The van der Waals surface area contributed by atoms with Crippen LogP contribution in [0, 0.1) is 5.92 Å². The molecule has 0 saturated carbocycles. The van der Waals surface area contributed by atoms with Crippen molar-refractivity contribution in [2.45, 2.75) is 51.9 Å². The smallest absolute Gasteiger partial charge is 0.315 e. The molecule has 1 aliphatic carbocycles. The Labute approximate surface area is 130 Å². The van der Waals surface area contributed by atoms with Crippen LogP contribution in [-0.4, -0.2) is 30.6 Å². The van der Waals surface area contributed by atoms with Crippen LogP contribution in [0.4, 0.5) is 5.13 Å². The highest BCUT2D eigenvalue weighted by molar-refractivity contribution is 7.15. The van der Waals surface area contributed by atoms with Gasteiger partial charge in [-0.05, 0) is 38.5 Å². The Morgan fingerprint density at radius 1 is 1.43 bits per heavy atom. The molecule has 1 fully saturated rings. The second-order valence-corrected chi connectivity index (χ2v) is 7.07. The van der Waals surface area contributed by atoms with Crippen molar-refractivity contribution in [1.29, 1.82) is 0 Å². The highest BCUT2D eigenvalue weighted by Crippen LogP contribution is 2.41. The minimum Gasteiger partial charge on any atom is -0.465 e. The summed E-state index contributed by atoms with van der Waals surface area (Å²) in [6.45, 7) is 6.80. The first-order valence-corrected chi connectivity index (χ1v) is 8.95. The Morgan fingerprint density at radius 2 is 2.29 bits per heavy atom. The van der Waals surface area contributed by atoms with Gasteiger partial charge in [0.15, 0.2) is 5.13 Å². The summed E-state index contributed by atoms with van der Waals surface area (Å²) in [5.41, 5.74) is 0.993. The van der Waals surface area contributed by atoms with Crippen LogP contribution in [0.5, 0.6) is 0 Å². The maximum atomic E-state index is 12.0. The third kappa shape index (κ3) is 2.93. The van der Waals surface area contributed by atoms with Gasteiger partial charge in [0.25, 0.3) is 0 Å². The third-order valence-electron chi connectivity index (χ3n) is 4.64. The molecule has 1 aromatic heterocycles. The molecule has 5 heteroatoms. The number of nitrogens with zero attached hydrogens (tertiary/aromatic N) is 2. The number of fused-ring (bicyclic) bond motifs is 1. The predicted octanol–water partition coefficient (Wildman–Crippen LogP) is 3.36. The van der Waals surface area contributed by atoms with Gasteiger partial charge in [0, 0.05) is 18.0 Å². The number of piperidine rings is 1. The average Bonchev–Trinajstić information content (AvgIpc) is 3.07. The molecule has 2 atom stereocenters. The van der Waals surface area contributed by atoms with Crippen molar-refractivity contribution < 1.29 is 9.53 Å². The van der Waals surface area contributed by atoms with Crippen molar-refractivity contribution in [3.8, 4) is 0 Å². The molecule has 0 N–H and O–H groups in total. The highest BCUT2D eigenvalue weighted by atomic mass is 32.1. The van der Waals surface area contributed by atoms with Gasteiger partial charge in [-0.3, -0.25) is 4.79 Å². The monoisotopic (exact) mass is 308 g/mol. The zero-order chi connectivity index (χ0) is 14.8. The number of rotatable bonds is 4. The lowest BCUT2D eigenvalue weighted by Gasteiger charge is -2.32. The minimum atomic E-state index is -0.128. The molecule has 2 aliphatic rings. The number of hydrogen-bond acceptors (Lipinski definition) is 5. The molecule has 0 radical (unpaired) electrons. The number of esters is 1. The first-order valence-electron chi connectivity index (χ1n) is 8.14. The van der Waals surface area contributed by atoms with Gasteiger partial charge in [-0.25, -0.2) is 4.98 Å². The maximum absolute atomic E-state index is 12.0. The lowest BCUT2D eigenvalue weighted by molar-refractivity contribution is -0.145. The fourth-order valence-corrected chi connectivity index (χ4v) is 4.57. The number of aryl methyl sites for hydroxylation is 1. The summed E-state index contributed by atoms with van der Waals surface area (Å²) in [7, 11) is 0. The lowest BCUT2D eigenvalue weighted by Crippen LogP contribution is -2.35. The van der Waals surface area contributed by atoms with E-state index in [1.54, 1.807) is 11.3 Å². The van der Waals surface area contributed by atoms with Crippen LogP contribution in [0.1, 0.15) is 56.0 Å². The van der Waals surface area contributed by atoms with Gasteiger partial charge < -0.3 is 9.64 Å². The van der Waals surface area contributed by atoms with Crippen LogP contribution in [0.25, 0.3) is 0 Å². The minimum absolute atomic E-state index is 0.0989. The fourth-order valence-electron chi connectivity index (χ4n) is 3.39. The largest absolute Gasteiger partial charge is 0.465 e. The first-order chi connectivity index (χ1) is 10.2. The molecule has 21 heavy (non-hydrogen) atoms. The Balaban J connectivity index is 1.75. The topological polar surface area (TPSA) is 42.4 Å². The van der Waals surface area contributed by atoms with Crippen molar-refractivity contribution in [3.05, 3.63) is 10.6 Å². The van der Waals surface area contributed by atoms with E-state index in [4.69, 9.17) is 9.72 Å². The molecular formula is C16H24N2O2S. The molecule has 2 unspecified atom stereocenters. The molecular weight excluding hydrogens is 284 g/mol. The molecule has 1 aliphatic heterocycles. The third-order valence-corrected chi connectivity index (χ3v) is 5.84. The molecule has 0 bridgehead atoms. The normalized spacial score (nSPS) is 25.0. The fraction of sp³-hybridized carbons (Fsp3) is 0.750. The number of ether oxygens (including phenoxy) is 1. The Kier molecular flexibility index (Phi) is 4.48. The molecule has 0 aromatic carbocycles. The van der Waals surface area contributed by atoms with E-state index >= 15 is 0 Å². The number of thiazole rings is 1. The second kappa shape index (κ2) is 6.34. The van der Waals surface area contributed by atoms with E-state index in [-0.39, 0.29) is 11.9 Å². The van der Waals surface area contributed by atoms with E-state index in [9.17, 15) is 4.79 Å². The van der Waals surface area contributed by atoms with E-state index < -0.39 is 0 Å². The first kappa shape index (κ1) is 14.8.